The number of hydrogen-bond acceptors (Lipinski definition) is 5. The molecule has 1 N–H and O–H groups in total. The molecule has 1 saturated heterocycles. The maximum atomic E-state index is 13.3. The molecule has 8 heteroatoms. The number of furan rings is 1. The van der Waals surface area contributed by atoms with E-state index in [2.05, 4.69) is 15.2 Å². The lowest BCUT2D eigenvalue weighted by Crippen LogP contribution is -2.41. The molecule has 1 aliphatic heterocycles. The Bertz CT molecular complexity index is 1290. The monoisotopic (exact) mass is 447 g/mol. The normalized spacial score (nSPS) is 14.7. The van der Waals surface area contributed by atoms with Gasteiger partial charge >= 0.3 is 0 Å². The van der Waals surface area contributed by atoms with E-state index >= 15 is 0 Å². The molecule has 0 saturated carbocycles. The highest BCUT2D eigenvalue weighted by molar-refractivity contribution is 5.79. The van der Waals surface area contributed by atoms with Crippen LogP contribution in [0, 0.1) is 25.6 Å². The molecule has 0 radical (unpaired) electrons. The van der Waals surface area contributed by atoms with Crippen LogP contribution < -0.4 is 10.2 Å². The van der Waals surface area contributed by atoms with Gasteiger partial charge in [0, 0.05) is 42.4 Å². The van der Waals surface area contributed by atoms with Crippen molar-refractivity contribution in [1.82, 2.24) is 19.9 Å². The third-order valence-electron chi connectivity index (χ3n) is 6.10. The predicted octanol–water partition coefficient (Wildman–Crippen LogP) is 4.28. The lowest BCUT2D eigenvalue weighted by molar-refractivity contribution is -0.125. The van der Waals surface area contributed by atoms with Gasteiger partial charge in [0.25, 0.3) is 0 Å². The third-order valence-corrected chi connectivity index (χ3v) is 6.10. The molecule has 4 heterocycles. The molecule has 33 heavy (non-hydrogen) atoms. The summed E-state index contributed by atoms with van der Waals surface area (Å²) in [7, 11) is 0. The van der Waals surface area contributed by atoms with E-state index in [1.165, 1.54) is 12.1 Å². The van der Waals surface area contributed by atoms with Crippen LogP contribution in [0.3, 0.4) is 0 Å². The van der Waals surface area contributed by atoms with E-state index in [0.29, 0.717) is 6.54 Å². The van der Waals surface area contributed by atoms with Gasteiger partial charge in [-0.25, -0.2) is 9.37 Å². The fourth-order valence-electron chi connectivity index (χ4n) is 4.34. The fourth-order valence-corrected chi connectivity index (χ4v) is 4.34. The first kappa shape index (κ1) is 21.2. The van der Waals surface area contributed by atoms with E-state index in [9.17, 15) is 9.18 Å². The molecular formula is C25H26FN5O2. The van der Waals surface area contributed by atoms with Crippen molar-refractivity contribution in [3.63, 3.8) is 0 Å². The zero-order chi connectivity index (χ0) is 22.9. The van der Waals surface area contributed by atoms with Crippen LogP contribution in [0.1, 0.15) is 30.1 Å². The van der Waals surface area contributed by atoms with Crippen LogP contribution in [0.25, 0.3) is 16.9 Å². The second-order valence-electron chi connectivity index (χ2n) is 8.55. The number of aryl methyl sites for hydroxylation is 2. The minimum absolute atomic E-state index is 0.0249. The van der Waals surface area contributed by atoms with Crippen molar-refractivity contribution in [3.05, 3.63) is 71.6 Å². The average molecular weight is 448 g/mol. The number of aromatic nitrogens is 3. The number of carbonyl (C=O) groups excluding carboxylic acids is 1. The van der Waals surface area contributed by atoms with Gasteiger partial charge in [-0.2, -0.15) is 9.61 Å². The lowest BCUT2D eigenvalue weighted by atomic mass is 9.96. The standard InChI is InChI=1S/C25H26FN5O2/c1-16-13-24(31-23(28-16)14-22(29-31)18-4-6-20(26)7-5-18)30-11-9-19(10-12-30)25(32)27-15-21-8-3-17(2)33-21/h3-8,13-14,19H,9-12,15H2,1-2H3,(H,27,32). The van der Waals surface area contributed by atoms with E-state index in [-0.39, 0.29) is 17.6 Å². The molecule has 0 aliphatic carbocycles. The number of piperidine rings is 1. The number of rotatable bonds is 5. The molecule has 1 aromatic carbocycles. The smallest absolute Gasteiger partial charge is 0.223 e. The summed E-state index contributed by atoms with van der Waals surface area (Å²) in [5.41, 5.74) is 3.24. The Labute approximate surface area is 191 Å². The Morgan fingerprint density at radius 3 is 2.58 bits per heavy atom. The van der Waals surface area contributed by atoms with E-state index in [1.807, 2.05) is 42.6 Å². The highest BCUT2D eigenvalue weighted by atomic mass is 19.1. The van der Waals surface area contributed by atoms with Crippen LogP contribution >= 0.6 is 0 Å². The molecule has 0 unspecified atom stereocenters. The van der Waals surface area contributed by atoms with Crippen LogP contribution in [-0.4, -0.2) is 33.6 Å². The zero-order valence-corrected chi connectivity index (χ0v) is 18.7. The lowest BCUT2D eigenvalue weighted by Gasteiger charge is -2.33. The number of fused-ring (bicyclic) bond motifs is 1. The number of carbonyl (C=O) groups is 1. The maximum Gasteiger partial charge on any atom is 0.223 e. The first-order valence-corrected chi connectivity index (χ1v) is 11.2. The van der Waals surface area contributed by atoms with Gasteiger partial charge in [0.05, 0.1) is 12.2 Å². The minimum atomic E-state index is -0.275. The number of nitrogens with zero attached hydrogens (tertiary/aromatic N) is 4. The van der Waals surface area contributed by atoms with Gasteiger partial charge in [-0.1, -0.05) is 0 Å². The predicted molar refractivity (Wildman–Crippen MR) is 123 cm³/mol. The summed E-state index contributed by atoms with van der Waals surface area (Å²) in [5.74, 6) is 2.33. The topological polar surface area (TPSA) is 75.7 Å². The molecular weight excluding hydrogens is 421 g/mol. The fraction of sp³-hybridized carbons (Fsp3) is 0.320. The summed E-state index contributed by atoms with van der Waals surface area (Å²) in [6.07, 6.45) is 1.52. The molecule has 1 fully saturated rings. The first-order chi connectivity index (χ1) is 16.0. The van der Waals surface area contributed by atoms with Crippen molar-refractivity contribution < 1.29 is 13.6 Å². The second-order valence-corrected chi connectivity index (χ2v) is 8.55. The molecule has 1 aliphatic rings. The van der Waals surface area contributed by atoms with Crippen LogP contribution in [-0.2, 0) is 11.3 Å². The van der Waals surface area contributed by atoms with E-state index in [0.717, 1.165) is 65.9 Å². The molecule has 7 nitrogen and oxygen atoms in total. The van der Waals surface area contributed by atoms with Gasteiger partial charge in [0.1, 0.15) is 23.2 Å². The molecule has 1 amide bonds. The number of benzene rings is 1. The maximum absolute atomic E-state index is 13.3. The molecule has 3 aromatic heterocycles. The molecule has 0 bridgehead atoms. The van der Waals surface area contributed by atoms with E-state index < -0.39 is 0 Å². The Balaban J connectivity index is 1.29. The van der Waals surface area contributed by atoms with Gasteiger partial charge < -0.3 is 14.6 Å². The third kappa shape index (κ3) is 4.46. The first-order valence-electron chi connectivity index (χ1n) is 11.2. The van der Waals surface area contributed by atoms with Crippen molar-refractivity contribution in [2.24, 2.45) is 5.92 Å². The summed E-state index contributed by atoms with van der Waals surface area (Å²) in [5, 5.41) is 7.74. The van der Waals surface area contributed by atoms with Crippen molar-refractivity contribution in [3.8, 4) is 11.3 Å². The van der Waals surface area contributed by atoms with Gasteiger partial charge in [-0.05, 0) is 63.1 Å². The molecule has 0 atom stereocenters. The van der Waals surface area contributed by atoms with Crippen molar-refractivity contribution in [2.45, 2.75) is 33.2 Å². The summed E-state index contributed by atoms with van der Waals surface area (Å²) >= 11 is 0. The van der Waals surface area contributed by atoms with Crippen molar-refractivity contribution in [1.29, 1.82) is 0 Å². The van der Waals surface area contributed by atoms with Crippen LogP contribution in [0.15, 0.2) is 52.9 Å². The Kier molecular flexibility index (Phi) is 5.58. The summed E-state index contributed by atoms with van der Waals surface area (Å²) < 4.78 is 20.7. The number of halogens is 1. The van der Waals surface area contributed by atoms with Crippen molar-refractivity contribution >= 4 is 17.4 Å². The van der Waals surface area contributed by atoms with Gasteiger partial charge in [-0.3, -0.25) is 4.79 Å². The quantitative estimate of drug-likeness (QED) is 0.494. The molecule has 170 valence electrons. The van der Waals surface area contributed by atoms with Crippen LogP contribution in [0.5, 0.6) is 0 Å². The Hall–Kier alpha value is -3.68. The van der Waals surface area contributed by atoms with Gasteiger partial charge in [0.15, 0.2) is 5.65 Å². The molecule has 5 rings (SSSR count). The zero-order valence-electron chi connectivity index (χ0n) is 18.7. The summed E-state index contributed by atoms with van der Waals surface area (Å²) in [6, 6.07) is 14.0. The van der Waals surface area contributed by atoms with Gasteiger partial charge in [-0.15, -0.1) is 0 Å². The van der Waals surface area contributed by atoms with Crippen LogP contribution in [0.2, 0.25) is 0 Å². The molecule has 4 aromatic rings. The number of hydrogen-bond donors (Lipinski definition) is 1. The number of amides is 1. The van der Waals surface area contributed by atoms with E-state index in [1.54, 1.807) is 12.1 Å². The largest absolute Gasteiger partial charge is 0.465 e. The SMILES string of the molecule is Cc1cc(N2CCC(C(=O)NCc3ccc(C)o3)CC2)n2nc(-c3ccc(F)cc3)cc2n1. The van der Waals surface area contributed by atoms with Crippen molar-refractivity contribution in [2.75, 3.05) is 18.0 Å². The van der Waals surface area contributed by atoms with E-state index in [4.69, 9.17) is 9.52 Å². The summed E-state index contributed by atoms with van der Waals surface area (Å²) in [6.45, 7) is 5.77. The minimum Gasteiger partial charge on any atom is -0.465 e. The molecule has 0 spiro atoms. The Morgan fingerprint density at radius 1 is 1.12 bits per heavy atom. The second kappa shape index (κ2) is 8.69. The summed E-state index contributed by atoms with van der Waals surface area (Å²) in [4.78, 5) is 19.5. The van der Waals surface area contributed by atoms with Gasteiger partial charge in [0.2, 0.25) is 5.91 Å². The van der Waals surface area contributed by atoms with Crippen LogP contribution in [0.4, 0.5) is 10.2 Å². The number of anilines is 1. The average Bonchev–Trinajstić information content (AvgIpc) is 3.43. The highest BCUT2D eigenvalue weighted by Gasteiger charge is 2.26. The Morgan fingerprint density at radius 2 is 1.88 bits per heavy atom. The highest BCUT2D eigenvalue weighted by Crippen LogP contribution is 2.27. The number of nitrogens with one attached hydrogen (secondary N) is 1.